The molecule has 2 heterocycles. The number of aryl methyl sites for hydroxylation is 1. The molecule has 31 heavy (non-hydrogen) atoms. The van der Waals surface area contributed by atoms with Gasteiger partial charge in [0.05, 0.1) is 12.0 Å². The molecule has 0 saturated carbocycles. The smallest absolute Gasteiger partial charge is 0.250 e. The summed E-state index contributed by atoms with van der Waals surface area (Å²) in [6.45, 7) is 1.66. The Bertz CT molecular complexity index is 1120. The first-order valence-corrected chi connectivity index (χ1v) is 11.8. The third-order valence-electron chi connectivity index (χ3n) is 5.73. The monoisotopic (exact) mass is 444 g/mol. The van der Waals surface area contributed by atoms with Crippen LogP contribution in [-0.4, -0.2) is 45.4 Å². The summed E-state index contributed by atoms with van der Waals surface area (Å²) < 4.78 is 46.0. The minimum absolute atomic E-state index is 0.146. The van der Waals surface area contributed by atoms with Crippen molar-refractivity contribution in [2.24, 2.45) is 0 Å². The van der Waals surface area contributed by atoms with Gasteiger partial charge in [-0.25, -0.2) is 12.8 Å². The van der Waals surface area contributed by atoms with E-state index in [0.29, 0.717) is 25.2 Å². The zero-order valence-corrected chi connectivity index (χ0v) is 18.2. The van der Waals surface area contributed by atoms with E-state index in [1.54, 1.807) is 35.2 Å². The summed E-state index contributed by atoms with van der Waals surface area (Å²) in [5.74, 6) is -0.576. The number of nitrogens with zero attached hydrogens (tertiary/aromatic N) is 2. The van der Waals surface area contributed by atoms with Gasteiger partial charge in [0, 0.05) is 31.4 Å². The first-order valence-electron chi connectivity index (χ1n) is 10.4. The summed E-state index contributed by atoms with van der Waals surface area (Å²) in [5, 5.41) is 0. The van der Waals surface area contributed by atoms with Crippen molar-refractivity contribution in [3.05, 3.63) is 59.4 Å². The van der Waals surface area contributed by atoms with Gasteiger partial charge in [0.15, 0.2) is 11.6 Å². The molecule has 6 nitrogen and oxygen atoms in total. The molecule has 2 aromatic rings. The fourth-order valence-corrected chi connectivity index (χ4v) is 5.65. The van der Waals surface area contributed by atoms with E-state index in [1.165, 1.54) is 29.6 Å². The summed E-state index contributed by atoms with van der Waals surface area (Å²) in [4.78, 5) is 14.8. The molecule has 0 atom stereocenters. The highest BCUT2D eigenvalue weighted by atomic mass is 32.2. The molecule has 0 bridgehead atoms. The minimum atomic E-state index is -3.50. The second-order valence-corrected chi connectivity index (χ2v) is 9.66. The standard InChI is InChI=1S/C23H25FN2O4S/c1-30-22-10-6-17(15-20(22)24)7-11-23(27)26-14-4-5-18-16-19(8-9-21(18)26)31(28,29)25-12-2-3-13-25/h6-11,15-16H,2-5,12-14H2,1H3/b11-7+. The second-order valence-electron chi connectivity index (χ2n) is 7.72. The van der Waals surface area contributed by atoms with E-state index in [-0.39, 0.29) is 16.6 Å². The molecule has 2 aliphatic heterocycles. The SMILES string of the molecule is COc1ccc(/C=C/C(=O)N2CCCc3cc(S(=O)(=O)N4CCCC4)ccc32)cc1F. The van der Waals surface area contributed by atoms with Crippen LogP contribution in [0.15, 0.2) is 47.4 Å². The van der Waals surface area contributed by atoms with E-state index < -0.39 is 15.8 Å². The molecule has 2 aliphatic rings. The quantitative estimate of drug-likeness (QED) is 0.661. The molecule has 164 valence electrons. The van der Waals surface area contributed by atoms with Crippen molar-refractivity contribution in [3.8, 4) is 5.75 Å². The molecular formula is C23H25FN2O4S. The maximum absolute atomic E-state index is 13.9. The predicted octanol–water partition coefficient (Wildman–Crippen LogP) is 3.61. The van der Waals surface area contributed by atoms with Gasteiger partial charge in [0.25, 0.3) is 5.91 Å². The lowest BCUT2D eigenvalue weighted by Gasteiger charge is -2.29. The van der Waals surface area contributed by atoms with Gasteiger partial charge in [-0.15, -0.1) is 0 Å². The molecule has 0 aromatic heterocycles. The van der Waals surface area contributed by atoms with Crippen molar-refractivity contribution in [1.29, 1.82) is 0 Å². The molecule has 0 unspecified atom stereocenters. The van der Waals surface area contributed by atoms with Crippen LogP contribution in [0.25, 0.3) is 6.08 Å². The predicted molar refractivity (Wildman–Crippen MR) is 117 cm³/mol. The van der Waals surface area contributed by atoms with E-state index in [4.69, 9.17) is 4.74 Å². The number of sulfonamides is 1. The van der Waals surface area contributed by atoms with Crippen LogP contribution in [-0.2, 0) is 21.2 Å². The number of rotatable bonds is 5. The van der Waals surface area contributed by atoms with Crippen molar-refractivity contribution >= 4 is 27.7 Å². The maximum Gasteiger partial charge on any atom is 0.250 e. The lowest BCUT2D eigenvalue weighted by Crippen LogP contribution is -2.34. The molecule has 1 saturated heterocycles. The van der Waals surface area contributed by atoms with Crippen molar-refractivity contribution in [2.75, 3.05) is 31.6 Å². The summed E-state index contributed by atoms with van der Waals surface area (Å²) in [5.41, 5.74) is 2.13. The number of halogens is 1. The molecular weight excluding hydrogens is 419 g/mol. The van der Waals surface area contributed by atoms with Crippen LogP contribution in [0.4, 0.5) is 10.1 Å². The van der Waals surface area contributed by atoms with Gasteiger partial charge in [-0.2, -0.15) is 4.31 Å². The molecule has 0 N–H and O–H groups in total. The molecule has 1 fully saturated rings. The Hall–Kier alpha value is -2.71. The molecule has 8 heteroatoms. The summed E-state index contributed by atoms with van der Waals surface area (Å²) >= 11 is 0. The largest absolute Gasteiger partial charge is 0.494 e. The number of carbonyl (C=O) groups excluding carboxylic acids is 1. The van der Waals surface area contributed by atoms with Gasteiger partial charge in [-0.1, -0.05) is 6.07 Å². The third kappa shape index (κ3) is 4.36. The van der Waals surface area contributed by atoms with Gasteiger partial charge in [-0.3, -0.25) is 4.79 Å². The van der Waals surface area contributed by atoms with E-state index in [2.05, 4.69) is 0 Å². The van der Waals surface area contributed by atoms with Crippen LogP contribution < -0.4 is 9.64 Å². The average Bonchev–Trinajstić information content (AvgIpc) is 3.32. The Morgan fingerprint density at radius 1 is 1.06 bits per heavy atom. The van der Waals surface area contributed by atoms with Crippen molar-refractivity contribution < 1.29 is 22.3 Å². The number of hydrogen-bond acceptors (Lipinski definition) is 4. The first kappa shape index (κ1) is 21.5. The summed E-state index contributed by atoms with van der Waals surface area (Å²) in [6, 6.07) is 9.49. The zero-order chi connectivity index (χ0) is 22.0. The molecule has 4 rings (SSSR count). The Morgan fingerprint density at radius 2 is 1.84 bits per heavy atom. The summed E-state index contributed by atoms with van der Waals surface area (Å²) in [7, 11) is -2.10. The number of carbonyl (C=O) groups is 1. The van der Waals surface area contributed by atoms with Crippen molar-refractivity contribution in [2.45, 2.75) is 30.6 Å². The normalized spacial score (nSPS) is 17.2. The lowest BCUT2D eigenvalue weighted by atomic mass is 10.0. The van der Waals surface area contributed by atoms with E-state index >= 15 is 0 Å². The zero-order valence-electron chi connectivity index (χ0n) is 17.4. The van der Waals surface area contributed by atoms with Crippen LogP contribution in [0.5, 0.6) is 5.75 Å². The van der Waals surface area contributed by atoms with E-state index in [0.717, 1.165) is 36.9 Å². The molecule has 2 aromatic carbocycles. The van der Waals surface area contributed by atoms with Crippen molar-refractivity contribution in [1.82, 2.24) is 4.31 Å². The minimum Gasteiger partial charge on any atom is -0.494 e. The maximum atomic E-state index is 13.9. The van der Waals surface area contributed by atoms with Gasteiger partial charge in [0.2, 0.25) is 10.0 Å². The number of benzene rings is 2. The number of amides is 1. The fraction of sp³-hybridized carbons (Fsp3) is 0.348. The number of ether oxygens (including phenoxy) is 1. The van der Waals surface area contributed by atoms with Crippen molar-refractivity contribution in [3.63, 3.8) is 0 Å². The molecule has 0 radical (unpaired) electrons. The van der Waals surface area contributed by atoms with Crippen LogP contribution in [0.2, 0.25) is 0 Å². The Kier molecular flexibility index (Phi) is 6.11. The number of hydrogen-bond donors (Lipinski definition) is 0. The van der Waals surface area contributed by atoms with Gasteiger partial charge in [0.1, 0.15) is 0 Å². The van der Waals surface area contributed by atoms with Gasteiger partial charge < -0.3 is 9.64 Å². The van der Waals surface area contributed by atoms with Gasteiger partial charge in [-0.05, 0) is 73.2 Å². The van der Waals surface area contributed by atoms with Gasteiger partial charge >= 0.3 is 0 Å². The Morgan fingerprint density at radius 3 is 2.55 bits per heavy atom. The topological polar surface area (TPSA) is 66.9 Å². The fourth-order valence-electron chi connectivity index (χ4n) is 4.08. The van der Waals surface area contributed by atoms with Crippen LogP contribution in [0.3, 0.4) is 0 Å². The Labute approximate surface area is 182 Å². The summed E-state index contributed by atoms with van der Waals surface area (Å²) in [6.07, 6.45) is 6.21. The number of anilines is 1. The Balaban J connectivity index is 1.55. The van der Waals surface area contributed by atoms with E-state index in [1.807, 2.05) is 0 Å². The first-order chi connectivity index (χ1) is 14.9. The highest BCUT2D eigenvalue weighted by Gasteiger charge is 2.29. The molecule has 0 spiro atoms. The second kappa shape index (κ2) is 8.80. The number of methoxy groups -OCH3 is 1. The van der Waals surface area contributed by atoms with E-state index in [9.17, 15) is 17.6 Å². The number of fused-ring (bicyclic) bond motifs is 1. The third-order valence-corrected chi connectivity index (χ3v) is 7.63. The van der Waals surface area contributed by atoms with Crippen LogP contribution in [0.1, 0.15) is 30.4 Å². The molecule has 0 aliphatic carbocycles. The average molecular weight is 445 g/mol. The van der Waals surface area contributed by atoms with Crippen LogP contribution in [0, 0.1) is 5.82 Å². The highest BCUT2D eigenvalue weighted by molar-refractivity contribution is 7.89. The van der Waals surface area contributed by atoms with Crippen LogP contribution >= 0.6 is 0 Å². The molecule has 1 amide bonds. The highest BCUT2D eigenvalue weighted by Crippen LogP contribution is 2.31. The lowest BCUT2D eigenvalue weighted by molar-refractivity contribution is -0.114.